The van der Waals surface area contributed by atoms with Gasteiger partial charge in [-0.05, 0) is 0 Å². The molecule has 1 rings (SSSR count). The van der Waals surface area contributed by atoms with Crippen LogP contribution >= 0.6 is 15.6 Å². The van der Waals surface area contributed by atoms with Crippen molar-refractivity contribution in [2.24, 2.45) is 0 Å². The predicted octanol–water partition coefficient (Wildman–Crippen LogP) is -1.54. The van der Waals surface area contributed by atoms with Crippen LogP contribution in [0.15, 0.2) is 17.1 Å². The number of nitrogens with two attached hydrogens (primary N) is 1. The van der Waals surface area contributed by atoms with E-state index in [-0.39, 0.29) is 10.5 Å². The molecule has 0 aliphatic heterocycles. The first-order valence-corrected chi connectivity index (χ1v) is 6.77. The third-order valence-corrected chi connectivity index (χ3v) is 3.25. The zero-order valence-electron chi connectivity index (χ0n) is 7.90. The van der Waals surface area contributed by atoms with Crippen LogP contribution in [0.3, 0.4) is 0 Å². The Morgan fingerprint density at radius 3 is 2.41 bits per heavy atom. The minimum atomic E-state index is -5.25. The highest BCUT2D eigenvalue weighted by molar-refractivity contribution is 7.60. The average Bonchev–Trinajstić information content (AvgIpc) is 2.05. The van der Waals surface area contributed by atoms with E-state index in [0.717, 1.165) is 12.3 Å². The number of hydrogen-bond acceptors (Lipinski definition) is 7. The molecule has 0 saturated heterocycles. The molecule has 0 aliphatic carbocycles. The lowest BCUT2D eigenvalue weighted by molar-refractivity contribution is 0.156. The summed E-state index contributed by atoms with van der Waals surface area (Å²) in [5, 5.41) is 0. The second kappa shape index (κ2) is 4.57. The van der Waals surface area contributed by atoms with Crippen molar-refractivity contribution < 1.29 is 32.7 Å². The first kappa shape index (κ1) is 13.8. The molecule has 5 N–H and O–H groups in total. The van der Waals surface area contributed by atoms with Crippen LogP contribution in [0.4, 0.5) is 5.82 Å². The van der Waals surface area contributed by atoms with E-state index in [9.17, 15) is 13.9 Å². The summed E-state index contributed by atoms with van der Waals surface area (Å²) < 4.78 is 29.0. The molecule has 17 heavy (non-hydrogen) atoms. The van der Waals surface area contributed by atoms with E-state index in [0.29, 0.717) is 0 Å². The average molecular weight is 287 g/mol. The SMILES string of the molecule is Nc1ccn(OP(=O)(O)OP(=O)(O)O)c(=O)n1. The molecular weight excluding hydrogens is 280 g/mol. The van der Waals surface area contributed by atoms with Gasteiger partial charge in [0, 0.05) is 6.07 Å². The highest BCUT2D eigenvalue weighted by Gasteiger charge is 2.34. The maximum absolute atomic E-state index is 11.0. The van der Waals surface area contributed by atoms with Crippen molar-refractivity contribution in [3.63, 3.8) is 0 Å². The Hall–Kier alpha value is -1.22. The summed E-state index contributed by atoms with van der Waals surface area (Å²) in [5.74, 6) is -0.168. The second-order valence-corrected chi connectivity index (χ2v) is 5.32. The van der Waals surface area contributed by atoms with Crippen molar-refractivity contribution in [1.29, 1.82) is 0 Å². The van der Waals surface area contributed by atoms with Crippen molar-refractivity contribution in [2.75, 3.05) is 5.73 Å². The number of hydrogen-bond donors (Lipinski definition) is 4. The molecule has 0 amide bonds. The molecule has 0 aromatic carbocycles. The van der Waals surface area contributed by atoms with Gasteiger partial charge in [-0.2, -0.15) is 9.29 Å². The fourth-order valence-electron chi connectivity index (χ4n) is 0.727. The van der Waals surface area contributed by atoms with E-state index in [1.54, 1.807) is 0 Å². The molecule has 11 nitrogen and oxygen atoms in total. The summed E-state index contributed by atoms with van der Waals surface area (Å²) in [6.45, 7) is 0. The van der Waals surface area contributed by atoms with Crippen LogP contribution in [0.2, 0.25) is 0 Å². The quantitative estimate of drug-likeness (QED) is 0.475. The van der Waals surface area contributed by atoms with Gasteiger partial charge in [-0.15, -0.1) is 4.73 Å². The van der Waals surface area contributed by atoms with Crippen LogP contribution in [0.25, 0.3) is 0 Å². The van der Waals surface area contributed by atoms with Gasteiger partial charge in [-0.1, -0.05) is 0 Å². The molecular formula is C4H7N3O8P2. The number of phosphoric acid groups is 2. The summed E-state index contributed by atoms with van der Waals surface area (Å²) in [6.07, 6.45) is 0.830. The van der Waals surface area contributed by atoms with E-state index in [4.69, 9.17) is 20.4 Å². The zero-order valence-corrected chi connectivity index (χ0v) is 9.69. The Labute approximate surface area is 93.2 Å². The summed E-state index contributed by atoms with van der Waals surface area (Å²) in [5.41, 5.74) is 3.97. The van der Waals surface area contributed by atoms with Gasteiger partial charge >= 0.3 is 21.3 Å². The normalized spacial score (nSPS) is 15.2. The van der Waals surface area contributed by atoms with Crippen molar-refractivity contribution in [3.8, 4) is 0 Å². The number of aromatic nitrogens is 2. The number of rotatable bonds is 4. The fourth-order valence-corrected chi connectivity index (χ4v) is 2.27. The molecule has 96 valence electrons. The van der Waals surface area contributed by atoms with Gasteiger partial charge in [0.25, 0.3) is 0 Å². The molecule has 0 fully saturated rings. The third kappa shape index (κ3) is 4.65. The summed E-state index contributed by atoms with van der Waals surface area (Å²) in [4.78, 5) is 39.7. The van der Waals surface area contributed by atoms with E-state index >= 15 is 0 Å². The van der Waals surface area contributed by atoms with Crippen LogP contribution < -0.4 is 16.0 Å². The number of anilines is 1. The topological polar surface area (TPSA) is 174 Å². The smallest absolute Gasteiger partial charge is 0.383 e. The molecule has 0 radical (unpaired) electrons. The molecule has 1 aromatic rings. The zero-order chi connectivity index (χ0) is 13.3. The lowest BCUT2D eigenvalue weighted by atomic mass is 10.6. The maximum atomic E-state index is 11.0. The monoisotopic (exact) mass is 287 g/mol. The van der Waals surface area contributed by atoms with Gasteiger partial charge in [-0.3, -0.25) is 4.89 Å². The molecule has 1 unspecified atom stereocenters. The van der Waals surface area contributed by atoms with Gasteiger partial charge in [-0.25, -0.2) is 13.9 Å². The van der Waals surface area contributed by atoms with E-state index < -0.39 is 21.3 Å². The number of nitrogen functional groups attached to an aromatic ring is 1. The van der Waals surface area contributed by atoms with Crippen molar-refractivity contribution in [2.45, 2.75) is 0 Å². The first-order chi connectivity index (χ1) is 7.59. The first-order valence-electron chi connectivity index (χ1n) is 3.74. The van der Waals surface area contributed by atoms with E-state index in [1.165, 1.54) is 0 Å². The number of nitrogens with zero attached hydrogens (tertiary/aromatic N) is 2. The van der Waals surface area contributed by atoms with Gasteiger partial charge in [0.15, 0.2) is 0 Å². The van der Waals surface area contributed by atoms with Gasteiger partial charge in [0.05, 0.1) is 6.20 Å². The van der Waals surface area contributed by atoms with Crippen molar-refractivity contribution in [3.05, 3.63) is 22.7 Å². The molecule has 0 bridgehead atoms. The molecule has 1 atom stereocenters. The molecule has 1 heterocycles. The van der Waals surface area contributed by atoms with Crippen LogP contribution in [0.1, 0.15) is 0 Å². The maximum Gasteiger partial charge on any atom is 0.555 e. The van der Waals surface area contributed by atoms with Gasteiger partial charge in [0.1, 0.15) is 5.82 Å². The Balaban J connectivity index is 2.95. The standard InChI is InChI=1S/C4H7N3O8P2/c5-3-1-2-7(4(8)6-3)14-17(12,13)15-16(9,10)11/h1-2H,(H,12,13)(H2,5,6,8)(H2,9,10,11). The van der Waals surface area contributed by atoms with Gasteiger partial charge < -0.3 is 20.1 Å². The Bertz CT molecular complexity index is 562. The van der Waals surface area contributed by atoms with Crippen molar-refractivity contribution in [1.82, 2.24) is 9.71 Å². The Kier molecular flexibility index (Phi) is 3.72. The highest BCUT2D eigenvalue weighted by atomic mass is 31.3. The van der Waals surface area contributed by atoms with Crippen LogP contribution in [0.5, 0.6) is 0 Å². The summed E-state index contributed by atoms with van der Waals surface area (Å²) >= 11 is 0. The molecule has 0 aliphatic rings. The molecule has 0 spiro atoms. The summed E-state index contributed by atoms with van der Waals surface area (Å²) in [7, 11) is -10.4. The Morgan fingerprint density at radius 1 is 1.35 bits per heavy atom. The van der Waals surface area contributed by atoms with Crippen LogP contribution in [-0.4, -0.2) is 24.4 Å². The lowest BCUT2D eigenvalue weighted by Gasteiger charge is -2.13. The third-order valence-electron chi connectivity index (χ3n) is 1.19. The highest BCUT2D eigenvalue weighted by Crippen LogP contribution is 2.55. The minimum absolute atomic E-state index is 0.146. The largest absolute Gasteiger partial charge is 0.555 e. The van der Waals surface area contributed by atoms with Crippen LogP contribution in [-0.2, 0) is 13.4 Å². The van der Waals surface area contributed by atoms with Gasteiger partial charge in [0.2, 0.25) is 0 Å². The molecule has 13 heteroatoms. The Morgan fingerprint density at radius 2 is 1.94 bits per heavy atom. The summed E-state index contributed by atoms with van der Waals surface area (Å²) in [6, 6.07) is 1.05. The van der Waals surface area contributed by atoms with E-state index in [2.05, 4.69) is 13.9 Å². The van der Waals surface area contributed by atoms with E-state index in [1.807, 2.05) is 0 Å². The predicted molar refractivity (Wildman–Crippen MR) is 52.4 cm³/mol. The van der Waals surface area contributed by atoms with Crippen molar-refractivity contribution >= 4 is 21.5 Å². The molecule has 1 aromatic heterocycles. The molecule has 0 saturated carbocycles. The fraction of sp³-hybridized carbons (Fsp3) is 0. The lowest BCUT2D eigenvalue weighted by Crippen LogP contribution is -2.27. The second-order valence-electron chi connectivity index (χ2n) is 2.58. The van der Waals surface area contributed by atoms with Crippen LogP contribution in [0, 0.1) is 0 Å². The minimum Gasteiger partial charge on any atom is -0.383 e.